The molecule has 6 heteroatoms. The molecule has 2 aromatic heterocycles. The second kappa shape index (κ2) is 8.31. The van der Waals surface area contributed by atoms with Crippen molar-refractivity contribution in [3.8, 4) is 0 Å². The molecule has 1 aromatic carbocycles. The number of benzene rings is 1. The number of hydrogen-bond acceptors (Lipinski definition) is 5. The molecule has 1 N–H and O–H groups in total. The zero-order valence-corrected chi connectivity index (χ0v) is 16.4. The van der Waals surface area contributed by atoms with Gasteiger partial charge in [-0.1, -0.05) is 18.2 Å². The average Bonchev–Trinajstić information content (AvgIpc) is 3.08. The summed E-state index contributed by atoms with van der Waals surface area (Å²) in [6, 6.07) is 7.60. The molecule has 0 radical (unpaired) electrons. The molecule has 1 saturated heterocycles. The van der Waals surface area contributed by atoms with Crippen LogP contribution in [0.1, 0.15) is 30.4 Å². The zero-order chi connectivity index (χ0) is 18.6. The first kappa shape index (κ1) is 18.3. The fourth-order valence-corrected chi connectivity index (χ4v) is 4.78. The Balaban J connectivity index is 1.26. The molecule has 0 saturated carbocycles. The normalized spacial score (nSPS) is 15.6. The van der Waals surface area contributed by atoms with E-state index in [2.05, 4.69) is 32.5 Å². The van der Waals surface area contributed by atoms with Crippen LogP contribution in [-0.2, 0) is 6.42 Å². The molecule has 0 aliphatic carbocycles. The van der Waals surface area contributed by atoms with Crippen LogP contribution in [0.2, 0.25) is 0 Å². The van der Waals surface area contributed by atoms with Gasteiger partial charge in [-0.15, -0.1) is 11.3 Å². The number of nitrogens with zero attached hydrogens (tertiary/aromatic N) is 3. The number of aryl methyl sites for hydroxylation is 2. The molecule has 3 heterocycles. The van der Waals surface area contributed by atoms with Crippen molar-refractivity contribution in [2.24, 2.45) is 0 Å². The predicted octanol–water partition coefficient (Wildman–Crippen LogP) is 4.33. The molecule has 4 nitrogen and oxygen atoms in total. The van der Waals surface area contributed by atoms with E-state index in [0.717, 1.165) is 62.2 Å². The molecular weight excluding hydrogens is 359 g/mol. The number of halogens is 1. The van der Waals surface area contributed by atoms with E-state index in [0.29, 0.717) is 6.04 Å². The summed E-state index contributed by atoms with van der Waals surface area (Å²) in [7, 11) is 0. The van der Waals surface area contributed by atoms with Gasteiger partial charge in [0, 0.05) is 19.1 Å². The molecule has 142 valence electrons. The molecule has 0 atom stereocenters. The van der Waals surface area contributed by atoms with Gasteiger partial charge in [0.15, 0.2) is 0 Å². The lowest BCUT2D eigenvalue weighted by molar-refractivity contribution is 0.411. The topological polar surface area (TPSA) is 41.0 Å². The van der Waals surface area contributed by atoms with Gasteiger partial charge in [0.1, 0.15) is 18.0 Å². The predicted molar refractivity (Wildman–Crippen MR) is 110 cm³/mol. The van der Waals surface area contributed by atoms with Crippen LogP contribution >= 0.6 is 11.3 Å². The third-order valence-electron chi connectivity index (χ3n) is 5.32. The monoisotopic (exact) mass is 384 g/mol. The standard InChI is InChI=1S/C21H25FN4S/c1-15-13-27-20-19(15)24-14-25-21(20)26-11-8-17(9-12-26)23-10-4-6-16-5-2-3-7-18(16)22/h2-3,5,7,13-14,17,23H,4,6,8-12H2,1H3. The molecule has 4 rings (SSSR count). The minimum absolute atomic E-state index is 0.0919. The number of anilines is 1. The van der Waals surface area contributed by atoms with Crippen molar-refractivity contribution in [3.05, 3.63) is 52.9 Å². The maximum absolute atomic E-state index is 13.7. The van der Waals surface area contributed by atoms with Crippen molar-refractivity contribution < 1.29 is 4.39 Å². The van der Waals surface area contributed by atoms with E-state index in [-0.39, 0.29) is 5.82 Å². The van der Waals surface area contributed by atoms with E-state index in [4.69, 9.17) is 0 Å². The second-order valence-electron chi connectivity index (χ2n) is 7.20. The number of fused-ring (bicyclic) bond motifs is 1. The fourth-order valence-electron chi connectivity index (χ4n) is 3.76. The van der Waals surface area contributed by atoms with E-state index >= 15 is 0 Å². The number of aromatic nitrogens is 2. The number of piperidine rings is 1. The van der Waals surface area contributed by atoms with Crippen LogP contribution in [0, 0.1) is 12.7 Å². The average molecular weight is 385 g/mol. The Kier molecular flexibility index (Phi) is 5.64. The zero-order valence-electron chi connectivity index (χ0n) is 15.6. The van der Waals surface area contributed by atoms with Gasteiger partial charge in [0.2, 0.25) is 0 Å². The van der Waals surface area contributed by atoms with Crippen molar-refractivity contribution in [2.45, 2.75) is 38.6 Å². The summed E-state index contributed by atoms with van der Waals surface area (Å²) in [4.78, 5) is 11.4. The highest BCUT2D eigenvalue weighted by molar-refractivity contribution is 7.18. The summed E-state index contributed by atoms with van der Waals surface area (Å²) in [5, 5.41) is 5.80. The summed E-state index contributed by atoms with van der Waals surface area (Å²) in [6.45, 7) is 5.05. The molecule has 1 aliphatic heterocycles. The lowest BCUT2D eigenvalue weighted by Crippen LogP contribution is -2.43. The van der Waals surface area contributed by atoms with Crippen LogP contribution in [0.25, 0.3) is 10.2 Å². The lowest BCUT2D eigenvalue weighted by Gasteiger charge is -2.33. The van der Waals surface area contributed by atoms with Crippen LogP contribution in [0.5, 0.6) is 0 Å². The number of thiophene rings is 1. The Morgan fingerprint density at radius 1 is 1.22 bits per heavy atom. The Morgan fingerprint density at radius 3 is 2.85 bits per heavy atom. The van der Waals surface area contributed by atoms with E-state index in [1.54, 1.807) is 23.7 Å². The molecular formula is C21H25FN4S. The van der Waals surface area contributed by atoms with E-state index < -0.39 is 0 Å². The molecule has 1 fully saturated rings. The third kappa shape index (κ3) is 4.12. The highest BCUT2D eigenvalue weighted by Crippen LogP contribution is 2.32. The summed E-state index contributed by atoms with van der Waals surface area (Å²) in [5.41, 5.74) is 3.12. The number of hydrogen-bond donors (Lipinski definition) is 1. The van der Waals surface area contributed by atoms with Crippen LogP contribution in [0.3, 0.4) is 0 Å². The highest BCUT2D eigenvalue weighted by Gasteiger charge is 2.22. The van der Waals surface area contributed by atoms with Gasteiger partial charge in [0.25, 0.3) is 0 Å². The Morgan fingerprint density at radius 2 is 2.04 bits per heavy atom. The SMILES string of the molecule is Cc1csc2c(N3CCC(NCCCc4ccccc4F)CC3)ncnc12. The van der Waals surface area contributed by atoms with Gasteiger partial charge in [-0.25, -0.2) is 14.4 Å². The quantitative estimate of drug-likeness (QED) is 0.642. The first-order valence-electron chi connectivity index (χ1n) is 9.63. The minimum Gasteiger partial charge on any atom is -0.355 e. The Labute approximate surface area is 163 Å². The molecule has 0 amide bonds. The molecule has 0 bridgehead atoms. The van der Waals surface area contributed by atoms with Gasteiger partial charge in [-0.05, 0) is 61.7 Å². The van der Waals surface area contributed by atoms with Crippen LogP contribution in [0.4, 0.5) is 10.2 Å². The Bertz CT molecular complexity index is 902. The molecule has 1 aliphatic rings. The first-order chi connectivity index (χ1) is 13.2. The van der Waals surface area contributed by atoms with Crippen molar-refractivity contribution in [1.29, 1.82) is 0 Å². The first-order valence-corrected chi connectivity index (χ1v) is 10.5. The molecule has 0 spiro atoms. The lowest BCUT2D eigenvalue weighted by atomic mass is 10.0. The maximum Gasteiger partial charge on any atom is 0.150 e. The fraction of sp³-hybridized carbons (Fsp3) is 0.429. The van der Waals surface area contributed by atoms with Crippen molar-refractivity contribution in [3.63, 3.8) is 0 Å². The van der Waals surface area contributed by atoms with E-state index in [1.165, 1.54) is 16.3 Å². The summed E-state index contributed by atoms with van der Waals surface area (Å²) in [5.74, 6) is 0.988. The largest absolute Gasteiger partial charge is 0.355 e. The van der Waals surface area contributed by atoms with E-state index in [1.807, 2.05) is 12.1 Å². The van der Waals surface area contributed by atoms with Crippen LogP contribution in [-0.4, -0.2) is 35.6 Å². The highest BCUT2D eigenvalue weighted by atomic mass is 32.1. The van der Waals surface area contributed by atoms with Crippen LogP contribution in [0.15, 0.2) is 36.0 Å². The van der Waals surface area contributed by atoms with Crippen molar-refractivity contribution >= 4 is 27.4 Å². The van der Waals surface area contributed by atoms with Crippen molar-refractivity contribution in [2.75, 3.05) is 24.5 Å². The van der Waals surface area contributed by atoms with Gasteiger partial charge < -0.3 is 10.2 Å². The molecule has 3 aromatic rings. The molecule has 27 heavy (non-hydrogen) atoms. The summed E-state index contributed by atoms with van der Waals surface area (Å²) < 4.78 is 14.9. The maximum atomic E-state index is 13.7. The summed E-state index contributed by atoms with van der Waals surface area (Å²) in [6.07, 6.45) is 5.65. The molecule has 0 unspecified atom stereocenters. The second-order valence-corrected chi connectivity index (χ2v) is 8.08. The van der Waals surface area contributed by atoms with Gasteiger partial charge in [-0.2, -0.15) is 0 Å². The smallest absolute Gasteiger partial charge is 0.150 e. The number of rotatable bonds is 6. The van der Waals surface area contributed by atoms with Gasteiger partial charge in [-0.3, -0.25) is 0 Å². The third-order valence-corrected chi connectivity index (χ3v) is 6.40. The minimum atomic E-state index is -0.0919. The Hall–Kier alpha value is -2.05. The van der Waals surface area contributed by atoms with Gasteiger partial charge in [0.05, 0.1) is 10.2 Å². The van der Waals surface area contributed by atoms with Crippen molar-refractivity contribution in [1.82, 2.24) is 15.3 Å². The number of nitrogens with one attached hydrogen (secondary N) is 1. The van der Waals surface area contributed by atoms with E-state index in [9.17, 15) is 4.39 Å². The van der Waals surface area contributed by atoms with Crippen LogP contribution < -0.4 is 10.2 Å². The summed E-state index contributed by atoms with van der Waals surface area (Å²) >= 11 is 1.74. The van der Waals surface area contributed by atoms with Gasteiger partial charge >= 0.3 is 0 Å².